The zero-order valence-electron chi connectivity index (χ0n) is 10.5. The Labute approximate surface area is 115 Å². The van der Waals surface area contributed by atoms with Crippen molar-refractivity contribution in [2.24, 2.45) is 5.73 Å². The van der Waals surface area contributed by atoms with Crippen LogP contribution >= 0.6 is 15.9 Å². The lowest BCUT2D eigenvalue weighted by atomic mass is 10.1. The normalized spacial score (nSPS) is 17.2. The quantitative estimate of drug-likeness (QED) is 0.931. The maximum absolute atomic E-state index is 14.2. The Hall–Kier alpha value is -0.650. The van der Waals surface area contributed by atoms with Gasteiger partial charge in [-0.05, 0) is 40.4 Å². The standard InChI is InChI=1S/C13H18BrFN2O/c1-18-10-4-6-17(7-5-10)11-3-2-9(8-16)12(14)13(11)15/h2-3,10H,4-8,16H2,1H3. The van der Waals surface area contributed by atoms with Crippen molar-refractivity contribution in [3.63, 3.8) is 0 Å². The molecule has 0 bridgehead atoms. The van der Waals surface area contributed by atoms with E-state index in [1.54, 1.807) is 7.11 Å². The lowest BCUT2D eigenvalue weighted by Gasteiger charge is -2.33. The van der Waals surface area contributed by atoms with Crippen LogP contribution < -0.4 is 10.6 Å². The highest BCUT2D eigenvalue weighted by Gasteiger charge is 2.22. The molecule has 0 spiro atoms. The monoisotopic (exact) mass is 316 g/mol. The molecule has 2 rings (SSSR count). The van der Waals surface area contributed by atoms with Gasteiger partial charge < -0.3 is 15.4 Å². The van der Waals surface area contributed by atoms with Crippen molar-refractivity contribution < 1.29 is 9.13 Å². The highest BCUT2D eigenvalue weighted by atomic mass is 79.9. The number of rotatable bonds is 3. The number of piperidine rings is 1. The number of hydrogen-bond acceptors (Lipinski definition) is 3. The summed E-state index contributed by atoms with van der Waals surface area (Å²) in [5.41, 5.74) is 7.00. The number of ether oxygens (including phenoxy) is 1. The van der Waals surface area contributed by atoms with Gasteiger partial charge in [0.25, 0.3) is 0 Å². The van der Waals surface area contributed by atoms with Gasteiger partial charge >= 0.3 is 0 Å². The van der Waals surface area contributed by atoms with Crippen molar-refractivity contribution in [1.29, 1.82) is 0 Å². The van der Waals surface area contributed by atoms with Crippen LogP contribution in [0.1, 0.15) is 18.4 Å². The van der Waals surface area contributed by atoms with E-state index in [-0.39, 0.29) is 5.82 Å². The third-order valence-corrected chi connectivity index (χ3v) is 4.34. The lowest BCUT2D eigenvalue weighted by Crippen LogP contribution is -2.37. The number of hydrogen-bond donors (Lipinski definition) is 1. The molecule has 0 unspecified atom stereocenters. The van der Waals surface area contributed by atoms with Gasteiger partial charge in [-0.3, -0.25) is 0 Å². The molecule has 1 aromatic carbocycles. The average molecular weight is 317 g/mol. The van der Waals surface area contributed by atoms with E-state index in [4.69, 9.17) is 10.5 Å². The zero-order chi connectivity index (χ0) is 13.1. The second-order valence-corrected chi connectivity index (χ2v) is 5.29. The fourth-order valence-corrected chi connectivity index (χ4v) is 2.81. The summed E-state index contributed by atoms with van der Waals surface area (Å²) in [4.78, 5) is 2.07. The molecule has 1 heterocycles. The molecule has 1 saturated heterocycles. The van der Waals surface area contributed by atoms with Crippen LogP contribution in [0.15, 0.2) is 16.6 Å². The predicted molar refractivity (Wildman–Crippen MR) is 74.2 cm³/mol. The number of benzene rings is 1. The minimum absolute atomic E-state index is 0.214. The summed E-state index contributed by atoms with van der Waals surface area (Å²) in [6.07, 6.45) is 2.18. The molecule has 18 heavy (non-hydrogen) atoms. The van der Waals surface area contributed by atoms with Crippen LogP contribution in [0.5, 0.6) is 0 Å². The molecule has 3 nitrogen and oxygen atoms in total. The molecule has 0 saturated carbocycles. The minimum atomic E-state index is -0.214. The van der Waals surface area contributed by atoms with E-state index < -0.39 is 0 Å². The fourth-order valence-electron chi connectivity index (χ4n) is 2.31. The summed E-state index contributed by atoms with van der Waals surface area (Å²) in [6.45, 7) is 1.98. The SMILES string of the molecule is COC1CCN(c2ccc(CN)c(Br)c2F)CC1. The van der Waals surface area contributed by atoms with E-state index in [0.29, 0.717) is 22.8 Å². The van der Waals surface area contributed by atoms with Gasteiger partial charge in [0.2, 0.25) is 0 Å². The van der Waals surface area contributed by atoms with Gasteiger partial charge in [-0.15, -0.1) is 0 Å². The topological polar surface area (TPSA) is 38.5 Å². The number of nitrogens with two attached hydrogens (primary N) is 1. The lowest BCUT2D eigenvalue weighted by molar-refractivity contribution is 0.0818. The van der Waals surface area contributed by atoms with Crippen LogP contribution in [0.4, 0.5) is 10.1 Å². The molecule has 0 atom stereocenters. The van der Waals surface area contributed by atoms with Crippen molar-refractivity contribution >= 4 is 21.6 Å². The molecule has 0 aromatic heterocycles. The Morgan fingerprint density at radius 2 is 2.11 bits per heavy atom. The molecule has 5 heteroatoms. The number of methoxy groups -OCH3 is 1. The van der Waals surface area contributed by atoms with Crippen LogP contribution in [-0.4, -0.2) is 26.3 Å². The molecule has 1 fully saturated rings. The van der Waals surface area contributed by atoms with Crippen LogP contribution in [0.25, 0.3) is 0 Å². The largest absolute Gasteiger partial charge is 0.381 e. The van der Waals surface area contributed by atoms with Gasteiger partial charge in [0.15, 0.2) is 5.82 Å². The summed E-state index contributed by atoms with van der Waals surface area (Å²) in [6, 6.07) is 3.69. The summed E-state index contributed by atoms with van der Waals surface area (Å²) < 4.78 is 20.0. The molecule has 0 radical (unpaired) electrons. The third kappa shape index (κ3) is 2.68. The molecular weight excluding hydrogens is 299 g/mol. The van der Waals surface area contributed by atoms with E-state index in [1.807, 2.05) is 12.1 Å². The second-order valence-electron chi connectivity index (χ2n) is 4.50. The zero-order valence-corrected chi connectivity index (χ0v) is 12.0. The summed E-state index contributed by atoms with van der Waals surface area (Å²) in [5.74, 6) is -0.214. The molecule has 0 amide bonds. The summed E-state index contributed by atoms with van der Waals surface area (Å²) >= 11 is 3.28. The summed E-state index contributed by atoms with van der Waals surface area (Å²) in [7, 11) is 1.73. The second kappa shape index (κ2) is 5.99. The maximum atomic E-state index is 14.2. The van der Waals surface area contributed by atoms with Crippen molar-refractivity contribution in [3.05, 3.63) is 28.0 Å². The van der Waals surface area contributed by atoms with Gasteiger partial charge in [0, 0.05) is 26.7 Å². The minimum Gasteiger partial charge on any atom is -0.381 e. The third-order valence-electron chi connectivity index (χ3n) is 3.48. The fraction of sp³-hybridized carbons (Fsp3) is 0.538. The average Bonchev–Trinajstić information content (AvgIpc) is 2.42. The number of nitrogens with zero attached hydrogens (tertiary/aromatic N) is 1. The van der Waals surface area contributed by atoms with E-state index in [2.05, 4.69) is 20.8 Å². The van der Waals surface area contributed by atoms with E-state index in [1.165, 1.54) is 0 Å². The first-order valence-electron chi connectivity index (χ1n) is 6.12. The van der Waals surface area contributed by atoms with E-state index in [9.17, 15) is 4.39 Å². The Kier molecular flexibility index (Phi) is 4.59. The van der Waals surface area contributed by atoms with Gasteiger partial charge in [0.05, 0.1) is 16.3 Å². The highest BCUT2D eigenvalue weighted by Crippen LogP contribution is 2.31. The Morgan fingerprint density at radius 3 is 2.67 bits per heavy atom. The van der Waals surface area contributed by atoms with E-state index >= 15 is 0 Å². The molecule has 1 aliphatic heterocycles. The van der Waals surface area contributed by atoms with Crippen molar-refractivity contribution in [1.82, 2.24) is 0 Å². The Balaban J connectivity index is 2.17. The van der Waals surface area contributed by atoms with Gasteiger partial charge in [-0.25, -0.2) is 4.39 Å². The molecule has 1 aromatic rings. The van der Waals surface area contributed by atoms with Crippen LogP contribution in [0, 0.1) is 5.82 Å². The number of anilines is 1. The first kappa shape index (κ1) is 13.8. The van der Waals surface area contributed by atoms with Crippen molar-refractivity contribution in [2.75, 3.05) is 25.1 Å². The van der Waals surface area contributed by atoms with Crippen LogP contribution in [0.3, 0.4) is 0 Å². The molecule has 2 N–H and O–H groups in total. The van der Waals surface area contributed by atoms with Crippen molar-refractivity contribution in [3.8, 4) is 0 Å². The molecule has 100 valence electrons. The Bertz CT molecular complexity index is 420. The predicted octanol–water partition coefficient (Wildman–Crippen LogP) is 2.66. The molecule has 0 aliphatic carbocycles. The Morgan fingerprint density at radius 1 is 1.44 bits per heavy atom. The molecular formula is C13H18BrFN2O. The smallest absolute Gasteiger partial charge is 0.160 e. The van der Waals surface area contributed by atoms with Gasteiger partial charge in [-0.2, -0.15) is 0 Å². The van der Waals surface area contributed by atoms with Crippen LogP contribution in [-0.2, 0) is 11.3 Å². The summed E-state index contributed by atoms with van der Waals surface area (Å²) in [5, 5.41) is 0. The van der Waals surface area contributed by atoms with E-state index in [0.717, 1.165) is 31.5 Å². The molecule has 1 aliphatic rings. The first-order valence-corrected chi connectivity index (χ1v) is 6.91. The highest BCUT2D eigenvalue weighted by molar-refractivity contribution is 9.10. The van der Waals surface area contributed by atoms with Crippen LogP contribution in [0.2, 0.25) is 0 Å². The van der Waals surface area contributed by atoms with Gasteiger partial charge in [0.1, 0.15) is 0 Å². The number of halogens is 2. The van der Waals surface area contributed by atoms with Gasteiger partial charge in [-0.1, -0.05) is 6.07 Å². The van der Waals surface area contributed by atoms with Crippen molar-refractivity contribution in [2.45, 2.75) is 25.5 Å². The first-order chi connectivity index (χ1) is 8.67. The maximum Gasteiger partial charge on any atom is 0.160 e.